The number of aliphatic hydroxyl groups is 1. The standard InChI is InChI=1S/C21H28N2O3/c1-4-16-7-9-17(10-8-16)15-22-20(26)18-6-5-12-23(18)19(25)14-21(2,3)11-13-24/h1,7-10,18,24H,5-6,11-15H2,2-3H3,(H,22,26). The highest BCUT2D eigenvalue weighted by molar-refractivity contribution is 5.88. The zero-order valence-corrected chi connectivity index (χ0v) is 15.6. The van der Waals surface area contributed by atoms with Gasteiger partial charge in [0, 0.05) is 31.7 Å². The highest BCUT2D eigenvalue weighted by atomic mass is 16.3. The zero-order chi connectivity index (χ0) is 19.2. The van der Waals surface area contributed by atoms with Crippen molar-refractivity contribution in [1.29, 1.82) is 0 Å². The number of hydrogen-bond donors (Lipinski definition) is 2. The van der Waals surface area contributed by atoms with E-state index in [9.17, 15) is 9.59 Å². The Balaban J connectivity index is 1.92. The monoisotopic (exact) mass is 356 g/mol. The Morgan fingerprint density at radius 1 is 1.35 bits per heavy atom. The largest absolute Gasteiger partial charge is 0.396 e. The smallest absolute Gasteiger partial charge is 0.243 e. The molecule has 1 atom stereocenters. The Kier molecular flexibility index (Phi) is 6.82. The molecule has 2 N–H and O–H groups in total. The highest BCUT2D eigenvalue weighted by Gasteiger charge is 2.35. The van der Waals surface area contributed by atoms with Crippen LogP contribution in [0.1, 0.15) is 50.7 Å². The van der Waals surface area contributed by atoms with Crippen molar-refractivity contribution in [3.05, 3.63) is 35.4 Å². The van der Waals surface area contributed by atoms with Gasteiger partial charge in [-0.05, 0) is 42.4 Å². The predicted octanol–water partition coefficient (Wildman–Crippen LogP) is 2.07. The lowest BCUT2D eigenvalue weighted by molar-refractivity contribution is -0.140. The van der Waals surface area contributed by atoms with Gasteiger partial charge in [0.25, 0.3) is 0 Å². The van der Waals surface area contributed by atoms with Crippen LogP contribution in [0, 0.1) is 17.8 Å². The second kappa shape index (κ2) is 8.86. The van der Waals surface area contributed by atoms with Gasteiger partial charge in [-0.2, -0.15) is 0 Å². The lowest BCUT2D eigenvalue weighted by Crippen LogP contribution is -2.46. The molecule has 1 saturated heterocycles. The van der Waals surface area contributed by atoms with Crippen LogP contribution >= 0.6 is 0 Å². The third kappa shape index (κ3) is 5.34. The van der Waals surface area contributed by atoms with Crippen molar-refractivity contribution in [1.82, 2.24) is 10.2 Å². The number of carbonyl (C=O) groups excluding carboxylic acids is 2. The minimum atomic E-state index is -0.405. The number of terminal acetylenes is 1. The fourth-order valence-electron chi connectivity index (χ4n) is 3.27. The minimum Gasteiger partial charge on any atom is -0.396 e. The molecule has 1 aromatic carbocycles. The summed E-state index contributed by atoms with van der Waals surface area (Å²) < 4.78 is 0. The van der Waals surface area contributed by atoms with E-state index in [1.807, 2.05) is 38.1 Å². The maximum atomic E-state index is 12.6. The van der Waals surface area contributed by atoms with E-state index >= 15 is 0 Å². The molecule has 1 fully saturated rings. The van der Waals surface area contributed by atoms with E-state index in [2.05, 4.69) is 11.2 Å². The molecule has 0 aliphatic carbocycles. The van der Waals surface area contributed by atoms with Crippen molar-refractivity contribution in [3.8, 4) is 12.3 Å². The van der Waals surface area contributed by atoms with Gasteiger partial charge in [0.05, 0.1) is 0 Å². The minimum absolute atomic E-state index is 0.0144. The molecule has 1 aliphatic rings. The molecule has 5 heteroatoms. The zero-order valence-electron chi connectivity index (χ0n) is 15.6. The normalized spacial score (nSPS) is 17.0. The first-order valence-electron chi connectivity index (χ1n) is 9.10. The summed E-state index contributed by atoms with van der Waals surface area (Å²) in [7, 11) is 0. The number of aliphatic hydroxyl groups excluding tert-OH is 1. The van der Waals surface area contributed by atoms with Crippen molar-refractivity contribution < 1.29 is 14.7 Å². The molecule has 26 heavy (non-hydrogen) atoms. The van der Waals surface area contributed by atoms with E-state index in [1.165, 1.54) is 0 Å². The van der Waals surface area contributed by atoms with Gasteiger partial charge < -0.3 is 15.3 Å². The average Bonchev–Trinajstić information content (AvgIpc) is 3.09. The maximum absolute atomic E-state index is 12.6. The van der Waals surface area contributed by atoms with Crippen LogP contribution in [0.4, 0.5) is 0 Å². The number of carbonyl (C=O) groups is 2. The number of amides is 2. The SMILES string of the molecule is C#Cc1ccc(CNC(=O)C2CCCN2C(=O)CC(C)(C)CCO)cc1. The van der Waals surface area contributed by atoms with E-state index in [0.717, 1.165) is 17.5 Å². The molecule has 140 valence electrons. The highest BCUT2D eigenvalue weighted by Crippen LogP contribution is 2.28. The number of nitrogens with zero attached hydrogens (tertiary/aromatic N) is 1. The van der Waals surface area contributed by atoms with Gasteiger partial charge in [0.1, 0.15) is 6.04 Å². The third-order valence-electron chi connectivity index (χ3n) is 4.88. The van der Waals surface area contributed by atoms with E-state index < -0.39 is 6.04 Å². The quantitative estimate of drug-likeness (QED) is 0.735. The number of likely N-dealkylation sites (tertiary alicyclic amines) is 1. The average molecular weight is 356 g/mol. The van der Waals surface area contributed by atoms with Crippen LogP contribution < -0.4 is 5.32 Å². The first kappa shape index (κ1) is 20.0. The summed E-state index contributed by atoms with van der Waals surface area (Å²) in [5.41, 5.74) is 1.50. The summed E-state index contributed by atoms with van der Waals surface area (Å²) in [5, 5.41) is 12.1. The van der Waals surface area contributed by atoms with Crippen LogP contribution in [0.3, 0.4) is 0 Å². The van der Waals surface area contributed by atoms with Crippen LogP contribution in [0.2, 0.25) is 0 Å². The van der Waals surface area contributed by atoms with Gasteiger partial charge in [-0.15, -0.1) is 6.42 Å². The molecule has 0 spiro atoms. The lowest BCUT2D eigenvalue weighted by Gasteiger charge is -2.29. The molecule has 0 bridgehead atoms. The molecule has 0 saturated carbocycles. The van der Waals surface area contributed by atoms with Crippen LogP contribution in [0.25, 0.3) is 0 Å². The van der Waals surface area contributed by atoms with Crippen molar-refractivity contribution in [2.45, 2.75) is 52.1 Å². The van der Waals surface area contributed by atoms with Crippen molar-refractivity contribution in [3.63, 3.8) is 0 Å². The van der Waals surface area contributed by atoms with Crippen LogP contribution in [0.5, 0.6) is 0 Å². The van der Waals surface area contributed by atoms with Crippen molar-refractivity contribution in [2.24, 2.45) is 5.41 Å². The second-order valence-electron chi connectivity index (χ2n) is 7.62. The summed E-state index contributed by atoms with van der Waals surface area (Å²) in [6.07, 6.45) is 7.77. The summed E-state index contributed by atoms with van der Waals surface area (Å²) in [6, 6.07) is 7.07. The Morgan fingerprint density at radius 3 is 2.65 bits per heavy atom. The van der Waals surface area contributed by atoms with E-state index in [-0.39, 0.29) is 23.8 Å². The summed E-state index contributed by atoms with van der Waals surface area (Å²) in [6.45, 7) is 5.02. The first-order chi connectivity index (χ1) is 12.4. The fourth-order valence-corrected chi connectivity index (χ4v) is 3.27. The topological polar surface area (TPSA) is 69.6 Å². The predicted molar refractivity (Wildman–Crippen MR) is 101 cm³/mol. The summed E-state index contributed by atoms with van der Waals surface area (Å²) in [5.74, 6) is 2.43. The number of nitrogens with one attached hydrogen (secondary N) is 1. The van der Waals surface area contributed by atoms with Crippen LogP contribution in [-0.2, 0) is 16.1 Å². The Bertz CT molecular complexity index is 673. The molecule has 5 nitrogen and oxygen atoms in total. The van der Waals surface area contributed by atoms with Gasteiger partial charge in [-0.1, -0.05) is 31.9 Å². The second-order valence-corrected chi connectivity index (χ2v) is 7.62. The molecule has 1 heterocycles. The van der Waals surface area contributed by atoms with Gasteiger partial charge >= 0.3 is 0 Å². The fraction of sp³-hybridized carbons (Fsp3) is 0.524. The molecule has 1 aromatic rings. The molecular weight excluding hydrogens is 328 g/mol. The van der Waals surface area contributed by atoms with Crippen LogP contribution in [-0.4, -0.2) is 41.0 Å². The third-order valence-corrected chi connectivity index (χ3v) is 4.88. The maximum Gasteiger partial charge on any atom is 0.243 e. The van der Waals surface area contributed by atoms with Gasteiger partial charge in [-0.25, -0.2) is 0 Å². The molecule has 2 rings (SSSR count). The molecule has 1 unspecified atom stereocenters. The Hall–Kier alpha value is -2.32. The molecular formula is C21H28N2O3. The number of hydrogen-bond acceptors (Lipinski definition) is 3. The molecule has 0 radical (unpaired) electrons. The molecule has 0 aromatic heterocycles. The van der Waals surface area contributed by atoms with E-state index in [4.69, 9.17) is 11.5 Å². The van der Waals surface area contributed by atoms with Gasteiger partial charge in [-0.3, -0.25) is 9.59 Å². The molecule has 2 amide bonds. The van der Waals surface area contributed by atoms with Gasteiger partial charge in [0.15, 0.2) is 0 Å². The van der Waals surface area contributed by atoms with E-state index in [0.29, 0.717) is 32.4 Å². The van der Waals surface area contributed by atoms with E-state index in [1.54, 1.807) is 4.90 Å². The molecule has 1 aliphatic heterocycles. The lowest BCUT2D eigenvalue weighted by atomic mass is 9.85. The number of benzene rings is 1. The van der Waals surface area contributed by atoms with Crippen molar-refractivity contribution >= 4 is 11.8 Å². The Labute approximate surface area is 155 Å². The summed E-state index contributed by atoms with van der Waals surface area (Å²) >= 11 is 0. The first-order valence-corrected chi connectivity index (χ1v) is 9.10. The van der Waals surface area contributed by atoms with Crippen LogP contribution in [0.15, 0.2) is 24.3 Å². The number of rotatable bonds is 7. The van der Waals surface area contributed by atoms with Crippen molar-refractivity contribution in [2.75, 3.05) is 13.2 Å². The van der Waals surface area contributed by atoms with Gasteiger partial charge in [0.2, 0.25) is 11.8 Å². The summed E-state index contributed by atoms with van der Waals surface area (Å²) in [4.78, 5) is 26.9. The Morgan fingerprint density at radius 2 is 2.04 bits per heavy atom.